The normalized spacial score (nSPS) is 17.7. The Morgan fingerprint density at radius 1 is 1.29 bits per heavy atom. The predicted octanol–water partition coefficient (Wildman–Crippen LogP) is 0.891. The number of aliphatic hydroxyl groups is 1. The number of hydrogen-bond acceptors (Lipinski definition) is 7. The van der Waals surface area contributed by atoms with Crippen molar-refractivity contribution in [2.45, 2.75) is 24.3 Å². The summed E-state index contributed by atoms with van der Waals surface area (Å²) in [5, 5.41) is 20.7. The highest BCUT2D eigenvalue weighted by Gasteiger charge is 2.25. The molecule has 2 rings (SSSR count). The Morgan fingerprint density at radius 3 is 2.42 bits per heavy atom. The number of nitro benzene ring substituents is 1. The second-order valence-corrected chi connectivity index (χ2v) is 8.02. The van der Waals surface area contributed by atoms with Crippen LogP contribution in [-0.4, -0.2) is 68.4 Å². The molecule has 0 radical (unpaired) electrons. The van der Waals surface area contributed by atoms with Crippen LogP contribution in [0.3, 0.4) is 0 Å². The number of rotatable bonds is 6. The lowest BCUT2D eigenvalue weighted by molar-refractivity contribution is -0.387. The van der Waals surface area contributed by atoms with Crippen LogP contribution < -0.4 is 4.90 Å². The van der Waals surface area contributed by atoms with Gasteiger partial charge in [0.1, 0.15) is 4.90 Å². The molecule has 8 nitrogen and oxygen atoms in total. The van der Waals surface area contributed by atoms with Crippen LogP contribution in [0.15, 0.2) is 23.1 Å². The average molecular weight is 357 g/mol. The van der Waals surface area contributed by atoms with Gasteiger partial charge in [0.15, 0.2) is 9.84 Å². The zero-order chi connectivity index (χ0) is 17.9. The van der Waals surface area contributed by atoms with E-state index in [4.69, 9.17) is 0 Å². The third-order valence-corrected chi connectivity index (χ3v) is 5.34. The minimum atomic E-state index is -3.68. The highest BCUT2D eigenvalue weighted by atomic mass is 32.2. The van der Waals surface area contributed by atoms with Crippen molar-refractivity contribution in [2.24, 2.45) is 0 Å². The van der Waals surface area contributed by atoms with Gasteiger partial charge in [-0.2, -0.15) is 0 Å². The molecule has 134 valence electrons. The third-order valence-electron chi connectivity index (χ3n) is 4.22. The first-order valence-corrected chi connectivity index (χ1v) is 9.75. The predicted molar refractivity (Wildman–Crippen MR) is 91.2 cm³/mol. The van der Waals surface area contributed by atoms with Crippen molar-refractivity contribution < 1.29 is 18.4 Å². The Morgan fingerprint density at radius 2 is 1.92 bits per heavy atom. The van der Waals surface area contributed by atoms with Crippen LogP contribution in [0, 0.1) is 10.1 Å². The molecule has 1 aromatic rings. The van der Waals surface area contributed by atoms with Crippen molar-refractivity contribution in [3.8, 4) is 0 Å². The fourth-order valence-corrected chi connectivity index (χ4v) is 3.62. The van der Waals surface area contributed by atoms with E-state index in [0.717, 1.165) is 19.3 Å². The molecule has 0 spiro atoms. The Kier molecular flexibility index (Phi) is 5.79. The van der Waals surface area contributed by atoms with E-state index in [9.17, 15) is 23.6 Å². The molecule has 1 aliphatic heterocycles. The molecule has 0 amide bonds. The molecule has 1 fully saturated rings. The van der Waals surface area contributed by atoms with Crippen molar-refractivity contribution in [3.05, 3.63) is 28.3 Å². The average Bonchev–Trinajstić information content (AvgIpc) is 2.54. The van der Waals surface area contributed by atoms with Crippen LogP contribution in [0.1, 0.15) is 13.3 Å². The van der Waals surface area contributed by atoms with Gasteiger partial charge in [-0.15, -0.1) is 0 Å². The van der Waals surface area contributed by atoms with Crippen LogP contribution in [0.4, 0.5) is 11.4 Å². The van der Waals surface area contributed by atoms with Crippen LogP contribution in [0.5, 0.6) is 0 Å². The van der Waals surface area contributed by atoms with Gasteiger partial charge in [0.25, 0.3) is 5.69 Å². The molecule has 1 aromatic carbocycles. The second-order valence-electron chi connectivity index (χ2n) is 6.03. The summed E-state index contributed by atoms with van der Waals surface area (Å²) >= 11 is 0. The maximum Gasteiger partial charge on any atom is 0.288 e. The number of piperazine rings is 1. The Bertz CT molecular complexity index is 699. The van der Waals surface area contributed by atoms with E-state index >= 15 is 0 Å². The lowest BCUT2D eigenvalue weighted by atomic mass is 10.2. The van der Waals surface area contributed by atoms with Crippen LogP contribution in [0.2, 0.25) is 0 Å². The number of nitro groups is 1. The maximum absolute atomic E-state index is 11.8. The van der Waals surface area contributed by atoms with Gasteiger partial charge in [-0.05, 0) is 18.6 Å². The summed E-state index contributed by atoms with van der Waals surface area (Å²) in [4.78, 5) is 14.3. The summed E-state index contributed by atoms with van der Waals surface area (Å²) in [6, 6.07) is 4.21. The summed E-state index contributed by atoms with van der Waals surface area (Å²) in [7, 11) is -3.68. The van der Waals surface area contributed by atoms with Gasteiger partial charge in [-0.25, -0.2) is 8.42 Å². The number of benzene rings is 1. The van der Waals surface area contributed by atoms with E-state index in [1.54, 1.807) is 6.07 Å². The highest BCUT2D eigenvalue weighted by molar-refractivity contribution is 7.90. The van der Waals surface area contributed by atoms with Crippen molar-refractivity contribution in [3.63, 3.8) is 0 Å². The largest absolute Gasteiger partial charge is 0.392 e. The molecule has 9 heteroatoms. The standard InChI is InChI=1S/C15H23N3O5S/c1-3-13(19)11-16-6-8-17(9-7-16)12-4-5-14(18(20)21)15(10-12)24(2,22)23/h4-5,10,13,19H,3,6-9,11H2,1-2H3. The van der Waals surface area contributed by atoms with E-state index in [1.165, 1.54) is 12.1 Å². The van der Waals surface area contributed by atoms with E-state index in [1.807, 2.05) is 11.8 Å². The van der Waals surface area contributed by atoms with Gasteiger partial charge in [0.2, 0.25) is 0 Å². The Labute approximate surface area is 141 Å². The number of aliphatic hydroxyl groups excluding tert-OH is 1. The van der Waals surface area contributed by atoms with E-state index in [2.05, 4.69) is 4.90 Å². The summed E-state index contributed by atoms with van der Waals surface area (Å²) in [6.45, 7) is 5.42. The first-order chi connectivity index (χ1) is 11.2. The van der Waals surface area contributed by atoms with E-state index < -0.39 is 20.4 Å². The second kappa shape index (κ2) is 7.45. The highest BCUT2D eigenvalue weighted by Crippen LogP contribution is 2.29. The molecule has 1 N–H and O–H groups in total. The topological polar surface area (TPSA) is 104 Å². The van der Waals surface area contributed by atoms with E-state index in [-0.39, 0.29) is 11.0 Å². The first kappa shape index (κ1) is 18.6. The molecule has 0 aromatic heterocycles. The van der Waals surface area contributed by atoms with E-state index in [0.29, 0.717) is 31.7 Å². The molecule has 0 bridgehead atoms. The maximum atomic E-state index is 11.8. The van der Waals surface area contributed by atoms with Gasteiger partial charge < -0.3 is 10.0 Å². The lowest BCUT2D eigenvalue weighted by Gasteiger charge is -2.36. The van der Waals surface area contributed by atoms with Crippen molar-refractivity contribution >= 4 is 21.2 Å². The number of nitrogens with zero attached hydrogens (tertiary/aromatic N) is 3. The minimum absolute atomic E-state index is 0.256. The SMILES string of the molecule is CCC(O)CN1CCN(c2ccc([N+](=O)[O-])c(S(C)(=O)=O)c2)CC1. The summed E-state index contributed by atoms with van der Waals surface area (Å²) in [5.74, 6) is 0. The van der Waals surface area contributed by atoms with Gasteiger partial charge in [0.05, 0.1) is 11.0 Å². The monoisotopic (exact) mass is 357 g/mol. The summed E-state index contributed by atoms with van der Waals surface area (Å²) in [5.41, 5.74) is 0.266. The summed E-state index contributed by atoms with van der Waals surface area (Å²) in [6.07, 6.45) is 1.34. The number of β-amino-alcohol motifs (C(OH)–C–C–N with tert-alkyl or cyclic N) is 1. The van der Waals surface area contributed by atoms with Crippen LogP contribution in [-0.2, 0) is 9.84 Å². The molecule has 0 aliphatic carbocycles. The number of hydrogen-bond donors (Lipinski definition) is 1. The number of sulfone groups is 1. The van der Waals surface area contributed by atoms with Gasteiger partial charge in [-0.1, -0.05) is 6.92 Å². The van der Waals surface area contributed by atoms with Crippen molar-refractivity contribution in [2.75, 3.05) is 43.9 Å². The lowest BCUT2D eigenvalue weighted by Crippen LogP contribution is -2.48. The number of anilines is 1. The summed E-state index contributed by atoms with van der Waals surface area (Å²) < 4.78 is 23.7. The molecule has 1 heterocycles. The van der Waals surface area contributed by atoms with Gasteiger partial charge >= 0.3 is 0 Å². The molecule has 1 atom stereocenters. The van der Waals surface area contributed by atoms with Gasteiger partial charge in [-0.3, -0.25) is 15.0 Å². The quantitative estimate of drug-likeness (QED) is 0.595. The first-order valence-electron chi connectivity index (χ1n) is 7.86. The molecule has 1 aliphatic rings. The van der Waals surface area contributed by atoms with Gasteiger partial charge in [0, 0.05) is 50.7 Å². The zero-order valence-electron chi connectivity index (χ0n) is 13.9. The molecule has 1 saturated heterocycles. The third kappa shape index (κ3) is 4.43. The molecule has 24 heavy (non-hydrogen) atoms. The Balaban J connectivity index is 2.15. The molecule has 1 unspecified atom stereocenters. The Hall–Kier alpha value is -1.71. The zero-order valence-corrected chi connectivity index (χ0v) is 14.7. The smallest absolute Gasteiger partial charge is 0.288 e. The molecular formula is C15H23N3O5S. The van der Waals surface area contributed by atoms with Crippen LogP contribution in [0.25, 0.3) is 0 Å². The fourth-order valence-electron chi connectivity index (χ4n) is 2.76. The molecule has 0 saturated carbocycles. The molecular weight excluding hydrogens is 334 g/mol. The van der Waals surface area contributed by atoms with Crippen molar-refractivity contribution in [1.29, 1.82) is 0 Å². The van der Waals surface area contributed by atoms with Crippen molar-refractivity contribution in [1.82, 2.24) is 4.90 Å². The minimum Gasteiger partial charge on any atom is -0.392 e. The fraction of sp³-hybridized carbons (Fsp3) is 0.600. The van der Waals surface area contributed by atoms with Crippen LogP contribution >= 0.6 is 0 Å².